The highest BCUT2D eigenvalue weighted by Gasteiger charge is 1.98. The Morgan fingerprint density at radius 1 is 0.737 bits per heavy atom. The minimum absolute atomic E-state index is 1.18. The Morgan fingerprint density at radius 2 is 1.37 bits per heavy atom. The van der Waals surface area contributed by atoms with Crippen molar-refractivity contribution in [3.05, 3.63) is 60.2 Å². The molecule has 0 aliphatic rings. The number of rotatable bonds is 6. The van der Waals surface area contributed by atoms with Gasteiger partial charge in [-0.15, -0.1) is 0 Å². The van der Waals surface area contributed by atoms with Gasteiger partial charge in [-0.2, -0.15) is 0 Å². The molecule has 1 nitrogen and oxygen atoms in total. The normalized spacial score (nSPS) is 10.9. The van der Waals surface area contributed by atoms with Crippen LogP contribution < -0.4 is 0 Å². The fourth-order valence-corrected chi connectivity index (χ4v) is 2.25. The first-order valence-corrected chi connectivity index (χ1v) is 7.05. The minimum atomic E-state index is 1.18. The van der Waals surface area contributed by atoms with Gasteiger partial charge in [-0.3, -0.25) is 0 Å². The van der Waals surface area contributed by atoms with Crippen molar-refractivity contribution < 1.29 is 0 Å². The van der Waals surface area contributed by atoms with Crippen molar-refractivity contribution >= 4 is 0 Å². The largest absolute Gasteiger partial charge is 0.309 e. The van der Waals surface area contributed by atoms with Gasteiger partial charge in [0.15, 0.2) is 0 Å². The van der Waals surface area contributed by atoms with Gasteiger partial charge >= 0.3 is 0 Å². The average molecular weight is 253 g/mol. The maximum absolute atomic E-state index is 2.26. The van der Waals surface area contributed by atoms with Crippen LogP contribution in [0.5, 0.6) is 0 Å². The Bertz CT molecular complexity index is 471. The molecule has 0 saturated heterocycles. The fraction of sp³-hybridized carbons (Fsp3) is 0.333. The van der Waals surface area contributed by atoms with Crippen LogP contribution in [0.2, 0.25) is 0 Å². The predicted molar refractivity (Wildman–Crippen MR) is 83.4 cm³/mol. The van der Waals surface area contributed by atoms with Crippen molar-refractivity contribution in [1.82, 2.24) is 4.90 Å². The van der Waals surface area contributed by atoms with Gasteiger partial charge < -0.3 is 4.90 Å². The Kier molecular flexibility index (Phi) is 5.17. The molecule has 0 saturated carbocycles. The van der Waals surface area contributed by atoms with Gasteiger partial charge in [-0.25, -0.2) is 0 Å². The first-order valence-electron chi connectivity index (χ1n) is 7.05. The van der Waals surface area contributed by atoms with Crippen molar-refractivity contribution in [3.63, 3.8) is 0 Å². The highest BCUT2D eigenvalue weighted by atomic mass is 15.0. The van der Waals surface area contributed by atoms with Crippen molar-refractivity contribution in [2.75, 3.05) is 20.6 Å². The lowest BCUT2D eigenvalue weighted by molar-refractivity contribution is 0.394. The number of aryl methyl sites for hydroxylation is 1. The molecule has 0 amide bonds. The summed E-state index contributed by atoms with van der Waals surface area (Å²) in [6.07, 6.45) is 3.72. The predicted octanol–water partition coefficient (Wildman–Crippen LogP) is 4.24. The zero-order valence-electron chi connectivity index (χ0n) is 12.0. The molecule has 2 aromatic rings. The van der Waals surface area contributed by atoms with E-state index < -0.39 is 0 Å². The van der Waals surface area contributed by atoms with Crippen molar-refractivity contribution in [2.24, 2.45) is 0 Å². The number of hydrogen-bond donors (Lipinski definition) is 0. The molecular weight excluding hydrogens is 230 g/mol. The lowest BCUT2D eigenvalue weighted by atomic mass is 10.0. The van der Waals surface area contributed by atoms with E-state index in [4.69, 9.17) is 0 Å². The van der Waals surface area contributed by atoms with E-state index in [0.29, 0.717) is 0 Å². The van der Waals surface area contributed by atoms with Gasteiger partial charge in [-0.05, 0) is 56.6 Å². The Labute approximate surface area is 116 Å². The summed E-state index contributed by atoms with van der Waals surface area (Å²) >= 11 is 0. The van der Waals surface area contributed by atoms with Crippen LogP contribution in [0.3, 0.4) is 0 Å². The summed E-state index contributed by atoms with van der Waals surface area (Å²) in [7, 11) is 4.27. The van der Waals surface area contributed by atoms with E-state index in [-0.39, 0.29) is 0 Å². The van der Waals surface area contributed by atoms with Crippen LogP contribution in [-0.4, -0.2) is 25.5 Å². The van der Waals surface area contributed by atoms with Crippen LogP contribution in [0.1, 0.15) is 18.4 Å². The van der Waals surface area contributed by atoms with E-state index in [1.807, 2.05) is 0 Å². The van der Waals surface area contributed by atoms with Crippen LogP contribution in [0, 0.1) is 0 Å². The van der Waals surface area contributed by atoms with E-state index in [0.717, 1.165) is 0 Å². The highest BCUT2D eigenvalue weighted by molar-refractivity contribution is 5.63. The van der Waals surface area contributed by atoms with Crippen LogP contribution in [0.25, 0.3) is 11.1 Å². The molecule has 0 bridgehead atoms. The van der Waals surface area contributed by atoms with E-state index in [9.17, 15) is 0 Å². The fourth-order valence-electron chi connectivity index (χ4n) is 2.25. The summed E-state index contributed by atoms with van der Waals surface area (Å²) in [5, 5.41) is 0. The van der Waals surface area contributed by atoms with Gasteiger partial charge in [0, 0.05) is 0 Å². The molecule has 0 heterocycles. The van der Waals surface area contributed by atoms with Crippen LogP contribution >= 0.6 is 0 Å². The molecule has 0 aromatic heterocycles. The molecule has 1 heteroatoms. The third kappa shape index (κ3) is 4.53. The van der Waals surface area contributed by atoms with Crippen LogP contribution in [-0.2, 0) is 6.42 Å². The molecule has 100 valence electrons. The van der Waals surface area contributed by atoms with Crippen molar-refractivity contribution in [1.29, 1.82) is 0 Å². The van der Waals surface area contributed by atoms with Gasteiger partial charge in [0.05, 0.1) is 0 Å². The molecule has 0 aliphatic carbocycles. The van der Waals surface area contributed by atoms with Gasteiger partial charge in [0.1, 0.15) is 0 Å². The third-order valence-electron chi connectivity index (χ3n) is 3.38. The summed E-state index contributed by atoms with van der Waals surface area (Å²) in [4.78, 5) is 2.25. The van der Waals surface area contributed by atoms with Gasteiger partial charge in [0.2, 0.25) is 0 Å². The van der Waals surface area contributed by atoms with E-state index in [2.05, 4.69) is 73.6 Å². The first kappa shape index (κ1) is 13.8. The standard InChI is InChI=1S/C18H23N/c1-19(2)15-7-6-8-16-11-13-18(14-12-16)17-9-4-3-5-10-17/h3-5,9-14H,6-8,15H2,1-2H3. The molecule has 0 atom stereocenters. The maximum atomic E-state index is 2.26. The second-order valence-corrected chi connectivity index (χ2v) is 5.32. The lowest BCUT2D eigenvalue weighted by Gasteiger charge is -2.09. The van der Waals surface area contributed by atoms with Gasteiger partial charge in [-0.1, -0.05) is 54.6 Å². The summed E-state index contributed by atoms with van der Waals surface area (Å²) in [5.41, 5.74) is 4.04. The minimum Gasteiger partial charge on any atom is -0.309 e. The highest BCUT2D eigenvalue weighted by Crippen LogP contribution is 2.19. The second-order valence-electron chi connectivity index (χ2n) is 5.32. The van der Waals surface area contributed by atoms with E-state index in [1.165, 1.54) is 42.5 Å². The number of nitrogens with zero attached hydrogens (tertiary/aromatic N) is 1. The van der Waals surface area contributed by atoms with Crippen molar-refractivity contribution in [3.8, 4) is 11.1 Å². The maximum Gasteiger partial charge on any atom is -0.00247 e. The smallest absolute Gasteiger partial charge is 0.00247 e. The summed E-state index contributed by atoms with van der Waals surface area (Å²) < 4.78 is 0. The first-order chi connectivity index (χ1) is 9.25. The number of hydrogen-bond acceptors (Lipinski definition) is 1. The summed E-state index contributed by atoms with van der Waals surface area (Å²) in [6.45, 7) is 1.18. The quantitative estimate of drug-likeness (QED) is 0.696. The molecule has 19 heavy (non-hydrogen) atoms. The van der Waals surface area contributed by atoms with Crippen LogP contribution in [0.15, 0.2) is 54.6 Å². The molecule has 0 unspecified atom stereocenters. The van der Waals surface area contributed by atoms with Crippen molar-refractivity contribution in [2.45, 2.75) is 19.3 Å². The Morgan fingerprint density at radius 3 is 2.00 bits per heavy atom. The molecular formula is C18H23N. The molecule has 0 fully saturated rings. The summed E-state index contributed by atoms with van der Waals surface area (Å²) in [5.74, 6) is 0. The Balaban J connectivity index is 1.88. The van der Waals surface area contributed by atoms with E-state index >= 15 is 0 Å². The Hall–Kier alpha value is -1.60. The molecule has 0 aliphatic heterocycles. The SMILES string of the molecule is CN(C)CCCCc1ccc(-c2ccccc2)cc1. The summed E-state index contributed by atoms with van der Waals surface area (Å²) in [6, 6.07) is 19.5. The molecule has 2 aromatic carbocycles. The number of benzene rings is 2. The molecule has 0 spiro atoms. The number of unbranched alkanes of at least 4 members (excludes halogenated alkanes) is 1. The second kappa shape index (κ2) is 7.10. The van der Waals surface area contributed by atoms with E-state index in [1.54, 1.807) is 0 Å². The van der Waals surface area contributed by atoms with Gasteiger partial charge in [0.25, 0.3) is 0 Å². The molecule has 0 radical (unpaired) electrons. The third-order valence-corrected chi connectivity index (χ3v) is 3.38. The molecule has 2 rings (SSSR count). The monoisotopic (exact) mass is 253 g/mol. The zero-order chi connectivity index (χ0) is 13.5. The van der Waals surface area contributed by atoms with Crippen LogP contribution in [0.4, 0.5) is 0 Å². The zero-order valence-corrected chi connectivity index (χ0v) is 12.0. The topological polar surface area (TPSA) is 3.24 Å². The lowest BCUT2D eigenvalue weighted by Crippen LogP contribution is -2.12. The molecule has 0 N–H and O–H groups in total. The average Bonchev–Trinajstić information content (AvgIpc) is 2.45.